The van der Waals surface area contributed by atoms with Gasteiger partial charge in [0.1, 0.15) is 6.04 Å². The van der Waals surface area contributed by atoms with Crippen LogP contribution in [0.15, 0.2) is 104 Å². The van der Waals surface area contributed by atoms with Crippen molar-refractivity contribution in [2.75, 3.05) is 29.5 Å². The molecule has 3 aromatic rings. The number of rotatable bonds is 11. The molecule has 1 spiro atoms. The minimum absolute atomic E-state index is 0.0977. The summed E-state index contributed by atoms with van der Waals surface area (Å²) in [7, 11) is 0. The number of para-hydroxylation sites is 2. The Morgan fingerprint density at radius 2 is 1.55 bits per heavy atom. The number of aliphatic hydroxyl groups excluding tert-OH is 1. The van der Waals surface area contributed by atoms with E-state index in [0.717, 1.165) is 28.1 Å². The molecule has 3 unspecified atom stereocenters. The van der Waals surface area contributed by atoms with E-state index in [9.17, 15) is 9.90 Å². The average molecular weight is 715 g/mol. The van der Waals surface area contributed by atoms with Crippen LogP contribution in [0, 0.1) is 25.7 Å². The number of benzene rings is 3. The minimum Gasteiger partial charge on any atom is -0.394 e. The summed E-state index contributed by atoms with van der Waals surface area (Å²) < 4.78 is -0.901. The first kappa shape index (κ1) is 33.2. The van der Waals surface area contributed by atoms with E-state index >= 15 is 9.59 Å². The maximum atomic E-state index is 15.3. The lowest BCUT2D eigenvalue weighted by atomic mass is 9.70. The number of aliphatic hydroxyl groups is 1. The third kappa shape index (κ3) is 5.46. The molecule has 3 amide bonds. The zero-order valence-corrected chi connectivity index (χ0v) is 29.1. The number of likely N-dealkylation sites (tertiary alicyclic amines) is 1. The SMILES string of the molecule is C=CCN(C(=O)[C@H]1[C@@H]2SC3(CC2Br)C(C(=O)N(CC=C)c2c(C)cccc2C)N([C@H](CO)c2ccccc2)C(=O)[C@H]13)c1ccccc1. The molecule has 0 radical (unpaired) electrons. The van der Waals surface area contributed by atoms with Gasteiger partial charge in [-0.1, -0.05) is 94.8 Å². The standard InChI is InChI=1S/C38H40BrN3O4S/c1-5-20-40(27-18-11-8-12-19-27)35(44)30-31-36(45)42(29(23-43)26-16-9-7-10-17-26)34(38(31)22-28(39)33(30)47-38)37(46)41(21-6-2)32-24(3)14-13-15-25(32)4/h5-19,28-31,33-34,43H,1-2,20-23H2,3-4H3/t28?,29-,30-,31+,33-,34?,38?/m1/s1. The Labute approximate surface area is 289 Å². The van der Waals surface area contributed by atoms with E-state index in [4.69, 9.17) is 0 Å². The lowest BCUT2D eigenvalue weighted by Gasteiger charge is -2.40. The van der Waals surface area contributed by atoms with E-state index < -0.39 is 28.7 Å². The molecule has 0 aromatic heterocycles. The first-order chi connectivity index (χ1) is 22.7. The molecule has 47 heavy (non-hydrogen) atoms. The summed E-state index contributed by atoms with van der Waals surface area (Å²) in [6.07, 6.45) is 3.92. The van der Waals surface area contributed by atoms with Crippen molar-refractivity contribution in [3.63, 3.8) is 0 Å². The zero-order chi connectivity index (χ0) is 33.5. The van der Waals surface area contributed by atoms with E-state index in [0.29, 0.717) is 6.42 Å². The summed E-state index contributed by atoms with van der Waals surface area (Å²) in [6.45, 7) is 12.0. The molecule has 0 aliphatic carbocycles. The van der Waals surface area contributed by atoms with Crippen LogP contribution in [-0.4, -0.2) is 68.3 Å². The van der Waals surface area contributed by atoms with Crippen LogP contribution in [0.3, 0.4) is 0 Å². The number of halogens is 1. The fraction of sp³-hybridized carbons (Fsp3) is 0.342. The molecule has 3 aliphatic heterocycles. The van der Waals surface area contributed by atoms with Crippen LogP contribution < -0.4 is 9.80 Å². The van der Waals surface area contributed by atoms with Crippen LogP contribution in [0.4, 0.5) is 11.4 Å². The van der Waals surface area contributed by atoms with Gasteiger partial charge in [0, 0.05) is 34.5 Å². The van der Waals surface area contributed by atoms with Crippen molar-refractivity contribution in [3.8, 4) is 0 Å². The minimum atomic E-state index is -0.936. The quantitative estimate of drug-likeness (QED) is 0.188. The largest absolute Gasteiger partial charge is 0.394 e. The van der Waals surface area contributed by atoms with Gasteiger partial charge in [-0.05, 0) is 49.1 Å². The average Bonchev–Trinajstić information content (AvgIpc) is 3.67. The van der Waals surface area contributed by atoms with Crippen molar-refractivity contribution in [3.05, 3.63) is 121 Å². The smallest absolute Gasteiger partial charge is 0.251 e. The van der Waals surface area contributed by atoms with Crippen LogP contribution >= 0.6 is 27.7 Å². The predicted octanol–water partition coefficient (Wildman–Crippen LogP) is 6.24. The molecule has 7 nitrogen and oxygen atoms in total. The number of thioether (sulfide) groups is 1. The molecular weight excluding hydrogens is 674 g/mol. The number of carbonyl (C=O) groups excluding carboxylic acids is 3. The summed E-state index contributed by atoms with van der Waals surface area (Å²) in [5.41, 5.74) is 4.11. The first-order valence-corrected chi connectivity index (χ1v) is 17.7. The number of hydrogen-bond donors (Lipinski definition) is 1. The molecule has 3 aromatic carbocycles. The normalized spacial score (nSPS) is 26.5. The van der Waals surface area contributed by atoms with Crippen LogP contribution in [-0.2, 0) is 14.4 Å². The van der Waals surface area contributed by atoms with E-state index in [1.807, 2.05) is 92.7 Å². The maximum Gasteiger partial charge on any atom is 0.251 e. The fourth-order valence-corrected chi connectivity index (χ4v) is 11.6. The van der Waals surface area contributed by atoms with E-state index in [1.54, 1.807) is 38.6 Å². The highest BCUT2D eigenvalue weighted by Crippen LogP contribution is 2.69. The maximum absolute atomic E-state index is 15.3. The van der Waals surface area contributed by atoms with Gasteiger partial charge in [0.2, 0.25) is 11.8 Å². The van der Waals surface area contributed by atoms with Gasteiger partial charge in [0.05, 0.1) is 29.2 Å². The number of carbonyl (C=O) groups is 3. The Bertz CT molecular complexity index is 1670. The van der Waals surface area contributed by atoms with Gasteiger partial charge in [0.15, 0.2) is 0 Å². The third-order valence-corrected chi connectivity index (χ3v) is 13.1. The summed E-state index contributed by atoms with van der Waals surface area (Å²) in [6, 6.07) is 23.0. The fourth-order valence-electron chi connectivity index (χ4n) is 8.03. The molecule has 244 valence electrons. The van der Waals surface area contributed by atoms with E-state index in [1.165, 1.54) is 0 Å². The predicted molar refractivity (Wildman–Crippen MR) is 193 cm³/mol. The third-order valence-electron chi connectivity index (χ3n) is 9.87. The van der Waals surface area contributed by atoms with E-state index in [2.05, 4.69) is 29.1 Å². The van der Waals surface area contributed by atoms with Gasteiger partial charge in [-0.3, -0.25) is 14.4 Å². The summed E-state index contributed by atoms with van der Waals surface area (Å²) in [5.74, 6) is -2.12. The van der Waals surface area contributed by atoms with Gasteiger partial charge in [0.25, 0.3) is 5.91 Å². The van der Waals surface area contributed by atoms with Crippen LogP contribution in [0.5, 0.6) is 0 Å². The van der Waals surface area contributed by atoms with Gasteiger partial charge < -0.3 is 19.8 Å². The highest BCUT2D eigenvalue weighted by atomic mass is 79.9. The Balaban J connectivity index is 1.52. The van der Waals surface area contributed by atoms with Gasteiger partial charge in [-0.15, -0.1) is 24.9 Å². The van der Waals surface area contributed by atoms with Crippen molar-refractivity contribution < 1.29 is 19.5 Å². The second-order valence-electron chi connectivity index (χ2n) is 12.6. The van der Waals surface area contributed by atoms with Crippen molar-refractivity contribution in [1.82, 2.24) is 4.90 Å². The Kier molecular flexibility index (Phi) is 9.52. The lowest BCUT2D eigenvalue weighted by molar-refractivity contribution is -0.142. The molecule has 3 saturated heterocycles. The summed E-state index contributed by atoms with van der Waals surface area (Å²) in [5, 5.41) is 10.7. The van der Waals surface area contributed by atoms with Gasteiger partial charge >= 0.3 is 0 Å². The number of anilines is 2. The molecule has 6 rings (SSSR count). The molecule has 0 saturated carbocycles. The molecule has 3 fully saturated rings. The molecule has 7 atom stereocenters. The van der Waals surface area contributed by atoms with Crippen LogP contribution in [0.1, 0.15) is 29.2 Å². The second-order valence-corrected chi connectivity index (χ2v) is 15.3. The summed E-state index contributed by atoms with van der Waals surface area (Å²) >= 11 is 5.49. The number of nitrogens with zero attached hydrogens (tertiary/aromatic N) is 3. The van der Waals surface area contributed by atoms with Gasteiger partial charge in [-0.2, -0.15) is 0 Å². The number of amides is 3. The molecule has 2 bridgehead atoms. The van der Waals surface area contributed by atoms with Gasteiger partial charge in [-0.25, -0.2) is 0 Å². The van der Waals surface area contributed by atoms with Crippen LogP contribution in [0.25, 0.3) is 0 Å². The Hall–Kier alpha value is -3.66. The number of fused-ring (bicyclic) bond motifs is 1. The molecule has 3 heterocycles. The molecule has 3 aliphatic rings. The topological polar surface area (TPSA) is 81.2 Å². The highest BCUT2D eigenvalue weighted by Gasteiger charge is 2.76. The van der Waals surface area contributed by atoms with Crippen molar-refractivity contribution in [2.45, 2.75) is 47.2 Å². The van der Waals surface area contributed by atoms with Crippen molar-refractivity contribution >= 4 is 56.8 Å². The first-order valence-electron chi connectivity index (χ1n) is 16.0. The monoisotopic (exact) mass is 713 g/mol. The van der Waals surface area contributed by atoms with Crippen molar-refractivity contribution in [2.24, 2.45) is 11.8 Å². The molecular formula is C38H40BrN3O4S. The molecule has 1 N–H and O–H groups in total. The van der Waals surface area contributed by atoms with Crippen molar-refractivity contribution in [1.29, 1.82) is 0 Å². The Morgan fingerprint density at radius 3 is 2.15 bits per heavy atom. The lowest BCUT2D eigenvalue weighted by Crippen LogP contribution is -2.57. The number of aryl methyl sites for hydroxylation is 2. The Morgan fingerprint density at radius 1 is 0.957 bits per heavy atom. The van der Waals surface area contributed by atoms with Crippen LogP contribution in [0.2, 0.25) is 0 Å². The highest BCUT2D eigenvalue weighted by molar-refractivity contribution is 9.09. The zero-order valence-electron chi connectivity index (χ0n) is 26.7. The number of hydrogen-bond acceptors (Lipinski definition) is 5. The molecule has 9 heteroatoms. The number of alkyl halides is 1. The summed E-state index contributed by atoms with van der Waals surface area (Å²) in [4.78, 5) is 50.0. The second kappa shape index (κ2) is 13.5. The van der Waals surface area contributed by atoms with E-state index in [-0.39, 0.29) is 47.5 Å².